The monoisotopic (exact) mass is 375 g/mol. The highest BCUT2D eigenvalue weighted by Crippen LogP contribution is 2.47. The first-order chi connectivity index (χ1) is 12.4. The standard InChI is InChI=1S/C18H21N3O4S/c1-20-13-6-10-21(17(22)18(12-19)8-9-18)11-7-14(13)25-15-4-2-3-5-16(15)26(20,23)24/h2-5,13-14H,6-11H2,1H3/t13-,14-/m0/s1. The van der Waals surface area contributed by atoms with Crippen molar-refractivity contribution >= 4 is 15.9 Å². The number of carbonyl (C=O) groups is 1. The lowest BCUT2D eigenvalue weighted by Crippen LogP contribution is -2.44. The van der Waals surface area contributed by atoms with E-state index in [0.717, 1.165) is 0 Å². The molecule has 0 radical (unpaired) electrons. The number of fused-ring (bicyclic) bond motifs is 2. The molecule has 2 aliphatic heterocycles. The number of hydrogen-bond acceptors (Lipinski definition) is 5. The van der Waals surface area contributed by atoms with Crippen molar-refractivity contribution in [3.05, 3.63) is 24.3 Å². The molecule has 0 bridgehead atoms. The molecule has 1 saturated carbocycles. The Hall–Kier alpha value is -2.11. The number of carbonyl (C=O) groups excluding carboxylic acids is 1. The molecule has 1 aromatic carbocycles. The third-order valence-corrected chi connectivity index (χ3v) is 7.64. The molecule has 138 valence electrons. The second-order valence-electron chi connectivity index (χ2n) is 7.26. The van der Waals surface area contributed by atoms with Crippen LogP contribution >= 0.6 is 0 Å². The molecule has 3 aliphatic rings. The summed E-state index contributed by atoms with van der Waals surface area (Å²) in [4.78, 5) is 14.6. The fraction of sp³-hybridized carbons (Fsp3) is 0.556. The molecule has 0 unspecified atom stereocenters. The number of hydrogen-bond donors (Lipinski definition) is 0. The molecule has 0 N–H and O–H groups in total. The van der Waals surface area contributed by atoms with Crippen LogP contribution in [0.15, 0.2) is 29.2 Å². The van der Waals surface area contributed by atoms with Gasteiger partial charge in [-0.1, -0.05) is 12.1 Å². The summed E-state index contributed by atoms with van der Waals surface area (Å²) >= 11 is 0. The van der Waals surface area contributed by atoms with Gasteiger partial charge in [-0.25, -0.2) is 8.42 Å². The van der Waals surface area contributed by atoms with E-state index in [4.69, 9.17) is 4.74 Å². The van der Waals surface area contributed by atoms with Crippen molar-refractivity contribution in [1.29, 1.82) is 5.26 Å². The van der Waals surface area contributed by atoms with Crippen molar-refractivity contribution in [3.63, 3.8) is 0 Å². The van der Waals surface area contributed by atoms with Gasteiger partial charge in [-0.05, 0) is 31.4 Å². The maximum atomic E-state index is 12.9. The minimum Gasteiger partial charge on any atom is -0.487 e. The Morgan fingerprint density at radius 3 is 2.65 bits per heavy atom. The zero-order valence-corrected chi connectivity index (χ0v) is 15.4. The van der Waals surface area contributed by atoms with Gasteiger partial charge in [-0.15, -0.1) is 0 Å². The zero-order valence-electron chi connectivity index (χ0n) is 14.6. The fourth-order valence-corrected chi connectivity index (χ4v) is 5.40. The van der Waals surface area contributed by atoms with Gasteiger partial charge in [0, 0.05) is 26.6 Å². The van der Waals surface area contributed by atoms with Crippen LogP contribution in [0.3, 0.4) is 0 Å². The first-order valence-corrected chi connectivity index (χ1v) is 10.3. The van der Waals surface area contributed by atoms with E-state index < -0.39 is 15.4 Å². The molecular formula is C18H21N3O4S. The van der Waals surface area contributed by atoms with Crippen LogP contribution in [0, 0.1) is 16.7 Å². The number of nitriles is 1. The van der Waals surface area contributed by atoms with E-state index in [1.165, 1.54) is 4.31 Å². The Kier molecular flexibility index (Phi) is 3.97. The summed E-state index contributed by atoms with van der Waals surface area (Å²) in [6, 6.07) is 8.48. The van der Waals surface area contributed by atoms with Gasteiger partial charge < -0.3 is 9.64 Å². The van der Waals surface area contributed by atoms with E-state index in [1.807, 2.05) is 0 Å². The lowest BCUT2D eigenvalue weighted by molar-refractivity contribution is -0.134. The minimum absolute atomic E-state index is 0.123. The second-order valence-corrected chi connectivity index (χ2v) is 9.22. The molecule has 7 nitrogen and oxygen atoms in total. The van der Waals surface area contributed by atoms with Crippen LogP contribution in [0.4, 0.5) is 0 Å². The number of amides is 1. The number of para-hydroxylation sites is 1. The van der Waals surface area contributed by atoms with Gasteiger partial charge in [0.1, 0.15) is 22.2 Å². The average Bonchev–Trinajstić information content (AvgIpc) is 3.45. The van der Waals surface area contributed by atoms with Crippen LogP contribution in [0.25, 0.3) is 0 Å². The van der Waals surface area contributed by atoms with Gasteiger partial charge in [0.05, 0.1) is 12.1 Å². The first-order valence-electron chi connectivity index (χ1n) is 8.83. The van der Waals surface area contributed by atoms with Gasteiger partial charge in [-0.2, -0.15) is 9.57 Å². The molecule has 1 aliphatic carbocycles. The summed E-state index contributed by atoms with van der Waals surface area (Å²) in [6.07, 6.45) is 1.93. The number of likely N-dealkylation sites (tertiary alicyclic amines) is 1. The highest BCUT2D eigenvalue weighted by Gasteiger charge is 2.53. The quantitative estimate of drug-likeness (QED) is 0.739. The van der Waals surface area contributed by atoms with Gasteiger partial charge in [-0.3, -0.25) is 4.79 Å². The van der Waals surface area contributed by atoms with Crippen LogP contribution in [-0.2, 0) is 14.8 Å². The molecule has 26 heavy (non-hydrogen) atoms. The molecule has 2 fully saturated rings. The maximum Gasteiger partial charge on any atom is 0.246 e. The van der Waals surface area contributed by atoms with Crippen LogP contribution in [0.5, 0.6) is 5.75 Å². The normalized spacial score (nSPS) is 29.2. The third-order valence-electron chi connectivity index (χ3n) is 5.72. The van der Waals surface area contributed by atoms with E-state index >= 15 is 0 Å². The van der Waals surface area contributed by atoms with Crippen LogP contribution in [0.1, 0.15) is 25.7 Å². The molecular weight excluding hydrogens is 354 g/mol. The van der Waals surface area contributed by atoms with Crippen molar-refractivity contribution in [1.82, 2.24) is 9.21 Å². The van der Waals surface area contributed by atoms with Crippen molar-refractivity contribution in [2.75, 3.05) is 20.1 Å². The molecule has 0 spiro atoms. The van der Waals surface area contributed by atoms with Crippen molar-refractivity contribution in [2.45, 2.75) is 42.7 Å². The van der Waals surface area contributed by atoms with Crippen LogP contribution in [0.2, 0.25) is 0 Å². The number of benzene rings is 1. The Morgan fingerprint density at radius 2 is 1.96 bits per heavy atom. The highest BCUT2D eigenvalue weighted by atomic mass is 32.2. The summed E-state index contributed by atoms with van der Waals surface area (Å²) in [5.74, 6) is 0.240. The van der Waals surface area contributed by atoms with Crippen molar-refractivity contribution < 1.29 is 17.9 Å². The molecule has 1 saturated heterocycles. The van der Waals surface area contributed by atoms with Gasteiger partial charge in [0.2, 0.25) is 15.9 Å². The summed E-state index contributed by atoms with van der Waals surface area (Å²) < 4.78 is 33.4. The lowest BCUT2D eigenvalue weighted by atomic mass is 10.1. The third kappa shape index (κ3) is 2.58. The van der Waals surface area contributed by atoms with E-state index in [9.17, 15) is 18.5 Å². The van der Waals surface area contributed by atoms with E-state index in [0.29, 0.717) is 44.5 Å². The maximum absolute atomic E-state index is 12.9. The summed E-state index contributed by atoms with van der Waals surface area (Å²) in [5, 5.41) is 9.28. The SMILES string of the molecule is CN1[C@H]2CCN(C(=O)C3(C#N)CC3)CC[C@@H]2Oc2ccccc2S1(=O)=O. The largest absolute Gasteiger partial charge is 0.487 e. The Bertz CT molecular complexity index is 888. The number of likely N-dealkylation sites (N-methyl/N-ethyl adjacent to an activating group) is 1. The van der Waals surface area contributed by atoms with Crippen molar-refractivity contribution in [3.8, 4) is 11.8 Å². The molecule has 8 heteroatoms. The van der Waals surface area contributed by atoms with E-state index in [1.54, 1.807) is 36.2 Å². The van der Waals surface area contributed by atoms with Gasteiger partial charge in [0.15, 0.2) is 0 Å². The Labute approximate surface area is 153 Å². The number of nitrogens with zero attached hydrogens (tertiary/aromatic N) is 3. The molecule has 2 atom stereocenters. The smallest absolute Gasteiger partial charge is 0.246 e. The zero-order chi connectivity index (χ0) is 18.5. The summed E-state index contributed by atoms with van der Waals surface area (Å²) in [6.45, 7) is 0.905. The van der Waals surface area contributed by atoms with Gasteiger partial charge >= 0.3 is 0 Å². The van der Waals surface area contributed by atoms with E-state index in [2.05, 4.69) is 6.07 Å². The molecule has 2 heterocycles. The van der Waals surface area contributed by atoms with E-state index in [-0.39, 0.29) is 22.9 Å². The minimum atomic E-state index is -3.65. The predicted octanol–water partition coefficient (Wildman–Crippen LogP) is 1.36. The second kappa shape index (κ2) is 5.96. The molecule has 4 rings (SSSR count). The molecule has 1 amide bonds. The molecule has 0 aromatic heterocycles. The summed E-state index contributed by atoms with van der Waals surface area (Å²) in [7, 11) is -2.07. The Balaban J connectivity index is 1.62. The van der Waals surface area contributed by atoms with Crippen LogP contribution in [-0.4, -0.2) is 55.8 Å². The topological polar surface area (TPSA) is 90.7 Å². The predicted molar refractivity (Wildman–Crippen MR) is 92.7 cm³/mol. The first kappa shape index (κ1) is 17.3. The average molecular weight is 375 g/mol. The molecule has 1 aromatic rings. The Morgan fingerprint density at radius 1 is 1.27 bits per heavy atom. The van der Waals surface area contributed by atoms with Gasteiger partial charge in [0.25, 0.3) is 0 Å². The summed E-state index contributed by atoms with van der Waals surface area (Å²) in [5.41, 5.74) is -0.849. The van der Waals surface area contributed by atoms with Crippen molar-refractivity contribution in [2.24, 2.45) is 5.41 Å². The number of rotatable bonds is 1. The number of ether oxygens (including phenoxy) is 1. The van der Waals surface area contributed by atoms with Crippen LogP contribution < -0.4 is 4.74 Å². The highest BCUT2D eigenvalue weighted by molar-refractivity contribution is 7.89. The number of sulfonamides is 1. The lowest BCUT2D eigenvalue weighted by Gasteiger charge is -2.28. The fourth-order valence-electron chi connectivity index (χ4n) is 3.88.